The Labute approximate surface area is 106 Å². The Morgan fingerprint density at radius 1 is 1.33 bits per heavy atom. The van der Waals surface area contributed by atoms with E-state index in [1.807, 2.05) is 26.2 Å². The van der Waals surface area contributed by atoms with Crippen LogP contribution >= 0.6 is 31.9 Å². The van der Waals surface area contributed by atoms with Gasteiger partial charge >= 0.3 is 0 Å². The fourth-order valence-corrected chi connectivity index (χ4v) is 2.49. The molecular weight excluding hydrogens is 324 g/mol. The molecule has 0 saturated carbocycles. The van der Waals surface area contributed by atoms with Crippen molar-refractivity contribution in [3.8, 4) is 5.75 Å². The van der Waals surface area contributed by atoms with E-state index in [2.05, 4.69) is 37.0 Å². The van der Waals surface area contributed by atoms with Gasteiger partial charge < -0.3 is 9.75 Å². The topological polar surface area (TPSA) is 24.8 Å². The van der Waals surface area contributed by atoms with Gasteiger partial charge in [0.25, 0.3) is 0 Å². The molecule has 0 atom stereocenters. The van der Waals surface area contributed by atoms with Crippen molar-refractivity contribution in [2.24, 2.45) is 5.10 Å². The van der Waals surface area contributed by atoms with Gasteiger partial charge in [-0.1, -0.05) is 15.9 Å². The van der Waals surface area contributed by atoms with Crippen LogP contribution in [0.25, 0.3) is 0 Å². The summed E-state index contributed by atoms with van der Waals surface area (Å²) in [5, 5.41) is 5.90. The van der Waals surface area contributed by atoms with E-state index in [1.165, 1.54) is 0 Å². The Hall–Kier alpha value is -0.550. The molecule has 1 rings (SSSR count). The Balaban J connectivity index is 3.14. The second kappa shape index (κ2) is 5.51. The molecule has 0 N–H and O–H groups in total. The molecule has 1 aromatic rings. The fraction of sp³-hybridized carbons (Fsp3) is 0.300. The highest BCUT2D eigenvalue weighted by Crippen LogP contribution is 2.31. The summed E-state index contributed by atoms with van der Waals surface area (Å²) in [6.07, 6.45) is 1.76. The van der Waals surface area contributed by atoms with Crippen LogP contribution in [0, 0.1) is 0 Å². The summed E-state index contributed by atoms with van der Waals surface area (Å²) in [5.74, 6) is 0.781. The van der Waals surface area contributed by atoms with Crippen molar-refractivity contribution in [2.75, 3.05) is 21.2 Å². The molecule has 0 saturated heterocycles. The standard InChI is InChI=1S/C10H12Br2N2O/c1-14(2)13-6-7-4-8(11)5-9(12)10(7)15-3/h4-6H,1-3H3/b13-6+. The molecule has 0 aliphatic heterocycles. The van der Waals surface area contributed by atoms with Gasteiger partial charge in [0.1, 0.15) is 5.75 Å². The Kier molecular flexibility index (Phi) is 4.60. The summed E-state index contributed by atoms with van der Waals surface area (Å²) < 4.78 is 7.17. The zero-order chi connectivity index (χ0) is 11.4. The maximum Gasteiger partial charge on any atom is 0.141 e. The zero-order valence-corrected chi connectivity index (χ0v) is 12.0. The van der Waals surface area contributed by atoms with E-state index in [4.69, 9.17) is 4.74 Å². The average Bonchev–Trinajstić information content (AvgIpc) is 2.13. The van der Waals surface area contributed by atoms with Gasteiger partial charge in [-0.15, -0.1) is 0 Å². The van der Waals surface area contributed by atoms with Gasteiger partial charge in [0, 0.05) is 24.1 Å². The Bertz CT molecular complexity index is 378. The third kappa shape index (κ3) is 3.50. The van der Waals surface area contributed by atoms with Crippen LogP contribution < -0.4 is 4.74 Å². The molecule has 0 radical (unpaired) electrons. The monoisotopic (exact) mass is 334 g/mol. The lowest BCUT2D eigenvalue weighted by Gasteiger charge is -2.09. The highest BCUT2D eigenvalue weighted by atomic mass is 79.9. The van der Waals surface area contributed by atoms with E-state index in [0.717, 1.165) is 20.3 Å². The molecule has 0 aliphatic rings. The van der Waals surface area contributed by atoms with Gasteiger partial charge in [-0.3, -0.25) is 0 Å². The summed E-state index contributed by atoms with van der Waals surface area (Å²) in [6.45, 7) is 0. The number of halogens is 2. The minimum absolute atomic E-state index is 0.781. The van der Waals surface area contributed by atoms with E-state index in [0.29, 0.717) is 0 Å². The number of hydrogen-bond donors (Lipinski definition) is 0. The van der Waals surface area contributed by atoms with Gasteiger partial charge in [-0.2, -0.15) is 5.10 Å². The Morgan fingerprint density at radius 3 is 2.53 bits per heavy atom. The second-order valence-electron chi connectivity index (χ2n) is 3.10. The number of benzene rings is 1. The van der Waals surface area contributed by atoms with Crippen molar-refractivity contribution < 1.29 is 4.74 Å². The van der Waals surface area contributed by atoms with Crippen LogP contribution in [0.2, 0.25) is 0 Å². The number of ether oxygens (including phenoxy) is 1. The van der Waals surface area contributed by atoms with E-state index in [-0.39, 0.29) is 0 Å². The first kappa shape index (κ1) is 12.5. The molecule has 82 valence electrons. The smallest absolute Gasteiger partial charge is 0.141 e. The first-order valence-electron chi connectivity index (χ1n) is 4.29. The maximum atomic E-state index is 5.29. The molecule has 1 aromatic carbocycles. The molecule has 0 aromatic heterocycles. The number of nitrogens with zero attached hydrogens (tertiary/aromatic N) is 2. The minimum atomic E-state index is 0.781. The van der Waals surface area contributed by atoms with E-state index in [9.17, 15) is 0 Å². The first-order chi connectivity index (χ1) is 7.04. The quantitative estimate of drug-likeness (QED) is 0.626. The summed E-state index contributed by atoms with van der Waals surface area (Å²) >= 11 is 6.86. The van der Waals surface area contributed by atoms with E-state index >= 15 is 0 Å². The number of rotatable bonds is 3. The van der Waals surface area contributed by atoms with E-state index in [1.54, 1.807) is 18.3 Å². The van der Waals surface area contributed by atoms with Crippen molar-refractivity contribution >= 4 is 38.1 Å². The Morgan fingerprint density at radius 2 is 2.00 bits per heavy atom. The minimum Gasteiger partial charge on any atom is -0.495 e. The highest BCUT2D eigenvalue weighted by Gasteiger charge is 2.07. The molecule has 3 nitrogen and oxygen atoms in total. The van der Waals surface area contributed by atoms with Gasteiger partial charge in [-0.25, -0.2) is 0 Å². The molecule has 0 aliphatic carbocycles. The number of hydrogen-bond acceptors (Lipinski definition) is 3. The van der Waals surface area contributed by atoms with Crippen LogP contribution in [0.4, 0.5) is 0 Å². The summed E-state index contributed by atoms with van der Waals surface area (Å²) in [4.78, 5) is 0. The van der Waals surface area contributed by atoms with Crippen molar-refractivity contribution in [1.82, 2.24) is 5.01 Å². The average molecular weight is 336 g/mol. The molecule has 0 spiro atoms. The van der Waals surface area contributed by atoms with Crippen molar-refractivity contribution in [3.63, 3.8) is 0 Å². The largest absolute Gasteiger partial charge is 0.495 e. The molecule has 15 heavy (non-hydrogen) atoms. The zero-order valence-electron chi connectivity index (χ0n) is 8.79. The summed E-state index contributed by atoms with van der Waals surface area (Å²) in [5.41, 5.74) is 0.924. The van der Waals surface area contributed by atoms with Crippen LogP contribution in [-0.4, -0.2) is 32.4 Å². The van der Waals surface area contributed by atoms with Crippen LogP contribution in [0.15, 0.2) is 26.2 Å². The SMILES string of the molecule is COc1c(Br)cc(Br)cc1/C=N/N(C)C. The molecule has 0 fully saturated rings. The lowest BCUT2D eigenvalue weighted by Crippen LogP contribution is -2.02. The van der Waals surface area contributed by atoms with Crippen LogP contribution in [0.3, 0.4) is 0 Å². The third-order valence-electron chi connectivity index (χ3n) is 1.67. The number of methoxy groups -OCH3 is 1. The molecule has 0 amide bonds. The van der Waals surface area contributed by atoms with Gasteiger partial charge in [0.05, 0.1) is 17.8 Å². The molecule has 0 heterocycles. The lowest BCUT2D eigenvalue weighted by molar-refractivity contribution is 0.410. The predicted octanol–water partition coefficient (Wildman–Crippen LogP) is 3.12. The van der Waals surface area contributed by atoms with E-state index < -0.39 is 0 Å². The second-order valence-corrected chi connectivity index (χ2v) is 4.87. The highest BCUT2D eigenvalue weighted by molar-refractivity contribution is 9.11. The van der Waals surface area contributed by atoms with Crippen LogP contribution in [0.5, 0.6) is 5.75 Å². The predicted molar refractivity (Wildman–Crippen MR) is 69.7 cm³/mol. The lowest BCUT2D eigenvalue weighted by atomic mass is 10.2. The van der Waals surface area contributed by atoms with Crippen molar-refractivity contribution in [1.29, 1.82) is 0 Å². The van der Waals surface area contributed by atoms with Crippen molar-refractivity contribution in [2.45, 2.75) is 0 Å². The molecule has 0 bridgehead atoms. The molecule has 0 unspecified atom stereocenters. The van der Waals surface area contributed by atoms with Crippen LogP contribution in [0.1, 0.15) is 5.56 Å². The normalized spacial score (nSPS) is 10.7. The number of hydrazone groups is 1. The van der Waals surface area contributed by atoms with Gasteiger partial charge in [-0.05, 0) is 28.1 Å². The van der Waals surface area contributed by atoms with Gasteiger partial charge in [0.15, 0.2) is 0 Å². The maximum absolute atomic E-state index is 5.29. The van der Waals surface area contributed by atoms with Gasteiger partial charge in [0.2, 0.25) is 0 Å². The third-order valence-corrected chi connectivity index (χ3v) is 2.72. The summed E-state index contributed by atoms with van der Waals surface area (Å²) in [7, 11) is 5.38. The molecule has 5 heteroatoms. The molecular formula is C10H12Br2N2O. The fourth-order valence-electron chi connectivity index (χ4n) is 1.07. The van der Waals surface area contributed by atoms with Crippen molar-refractivity contribution in [3.05, 3.63) is 26.6 Å². The summed E-state index contributed by atoms with van der Waals surface area (Å²) in [6, 6.07) is 3.89. The first-order valence-corrected chi connectivity index (χ1v) is 5.87. The van der Waals surface area contributed by atoms with Crippen LogP contribution in [-0.2, 0) is 0 Å².